The molecule has 2 aromatic rings. The summed E-state index contributed by atoms with van der Waals surface area (Å²) in [6.07, 6.45) is 10.5. The van der Waals surface area contributed by atoms with Gasteiger partial charge in [0, 0.05) is 91.6 Å². The summed E-state index contributed by atoms with van der Waals surface area (Å²) in [5, 5.41) is 7.09. The van der Waals surface area contributed by atoms with E-state index in [2.05, 4.69) is 47.4 Å². The van der Waals surface area contributed by atoms with E-state index < -0.39 is 0 Å². The summed E-state index contributed by atoms with van der Waals surface area (Å²) in [5.74, 6) is 0.653. The van der Waals surface area contributed by atoms with Crippen LogP contribution in [0.2, 0.25) is 0 Å². The second-order valence-corrected chi connectivity index (χ2v) is 16.3. The van der Waals surface area contributed by atoms with E-state index in [1.54, 1.807) is 0 Å². The number of aromatic nitrogens is 2. The molecule has 3 saturated heterocycles. The fraction of sp³-hybridized carbons (Fsp3) is 0.698. The third-order valence-electron chi connectivity index (χ3n) is 11.0. The van der Waals surface area contributed by atoms with Crippen molar-refractivity contribution in [1.29, 1.82) is 0 Å². The second kappa shape index (κ2) is 26.9. The molecule has 0 aromatic carbocycles. The smallest absolute Gasteiger partial charge is 0.236 e. The van der Waals surface area contributed by atoms with Crippen LogP contribution in [-0.2, 0) is 50.0 Å². The third kappa shape index (κ3) is 17.3. The zero-order valence-corrected chi connectivity index (χ0v) is 36.3. The number of pyridine rings is 2. The maximum atomic E-state index is 12.8. The van der Waals surface area contributed by atoms with Gasteiger partial charge in [-0.1, -0.05) is 28.1 Å². The lowest BCUT2D eigenvalue weighted by Gasteiger charge is -2.31. The highest BCUT2D eigenvalue weighted by Gasteiger charge is 2.23. The molecule has 15 heteroatoms. The van der Waals surface area contributed by atoms with Crippen molar-refractivity contribution in [3.05, 3.63) is 59.2 Å². The highest BCUT2D eigenvalue weighted by atomic mass is 79.9. The van der Waals surface area contributed by atoms with Crippen LogP contribution in [-0.4, -0.2) is 162 Å². The Morgan fingerprint density at radius 1 is 0.517 bits per heavy atom. The van der Waals surface area contributed by atoms with Crippen LogP contribution >= 0.6 is 15.9 Å². The second-order valence-electron chi connectivity index (χ2n) is 15.7. The number of carbonyl (C=O) groups is 3. The molecule has 14 nitrogen and oxygen atoms in total. The molecule has 4 bridgehead atoms. The van der Waals surface area contributed by atoms with Crippen molar-refractivity contribution in [2.75, 3.05) is 110 Å². The van der Waals surface area contributed by atoms with Gasteiger partial charge in [-0.15, -0.1) is 0 Å². The lowest BCUT2D eigenvalue weighted by atomic mass is 10.1. The number of ether oxygens (including phenoxy) is 2. The number of hydrogen-bond donors (Lipinski definition) is 2. The predicted molar refractivity (Wildman–Crippen MR) is 229 cm³/mol. The fourth-order valence-electron chi connectivity index (χ4n) is 7.73. The van der Waals surface area contributed by atoms with E-state index in [0.29, 0.717) is 57.8 Å². The van der Waals surface area contributed by atoms with E-state index in [0.717, 1.165) is 127 Å². The molecule has 0 spiro atoms. The third-order valence-corrected chi connectivity index (χ3v) is 11.5. The van der Waals surface area contributed by atoms with E-state index in [1.165, 1.54) is 32.1 Å². The van der Waals surface area contributed by atoms with Gasteiger partial charge in [0.25, 0.3) is 0 Å². The van der Waals surface area contributed by atoms with E-state index in [-0.39, 0.29) is 17.7 Å². The van der Waals surface area contributed by atoms with Crippen molar-refractivity contribution in [3.63, 3.8) is 0 Å². The van der Waals surface area contributed by atoms with Crippen LogP contribution in [0.3, 0.4) is 0 Å². The average Bonchev–Trinajstić information content (AvgIpc) is 3.26. The van der Waals surface area contributed by atoms with Crippen LogP contribution in [0.15, 0.2) is 36.4 Å². The first-order valence-corrected chi connectivity index (χ1v) is 22.9. The zero-order chi connectivity index (χ0) is 40.6. The van der Waals surface area contributed by atoms with Gasteiger partial charge in [-0.05, 0) is 82.1 Å². The molecule has 0 atom stereocenters. The lowest BCUT2D eigenvalue weighted by Crippen LogP contribution is -2.44. The predicted octanol–water partition coefficient (Wildman–Crippen LogP) is 3.43. The van der Waals surface area contributed by atoms with Gasteiger partial charge < -0.3 is 34.8 Å². The maximum Gasteiger partial charge on any atom is 0.236 e. The van der Waals surface area contributed by atoms with Gasteiger partial charge in [0.05, 0.1) is 67.6 Å². The van der Waals surface area contributed by atoms with Gasteiger partial charge in [-0.25, -0.2) is 0 Å². The number of nitrogens with zero attached hydrogens (tertiary/aromatic N) is 7. The molecular weight excluding hydrogens is 802 g/mol. The Morgan fingerprint density at radius 3 is 1.33 bits per heavy atom. The SMILES string of the molecule is O=C(CBr)N1CCCCC1.O=C(CN1CCOCCN(CC(=O)N2CCCCC2)Cc2cccc(n2)C1)N1CCCCC1.c1cc2nc(c1)CNCCOCCNC2. The molecule has 2 aromatic heterocycles. The molecule has 7 heterocycles. The summed E-state index contributed by atoms with van der Waals surface area (Å²) < 4.78 is 11.4. The van der Waals surface area contributed by atoms with Crippen molar-refractivity contribution < 1.29 is 23.9 Å². The Labute approximate surface area is 354 Å². The zero-order valence-electron chi connectivity index (χ0n) is 34.7. The highest BCUT2D eigenvalue weighted by molar-refractivity contribution is 9.09. The minimum atomic E-state index is 0.209. The maximum absolute atomic E-state index is 12.8. The number of amides is 3. The summed E-state index contributed by atoms with van der Waals surface area (Å²) in [6.45, 7) is 15.0. The molecule has 0 aliphatic carbocycles. The van der Waals surface area contributed by atoms with Gasteiger partial charge in [0.15, 0.2) is 0 Å². The minimum absolute atomic E-state index is 0.209. The monoisotopic (exact) mass is 869 g/mol. The van der Waals surface area contributed by atoms with Gasteiger partial charge >= 0.3 is 0 Å². The van der Waals surface area contributed by atoms with Gasteiger partial charge in [0.2, 0.25) is 17.7 Å². The molecule has 3 fully saturated rings. The molecule has 5 aliphatic rings. The number of piperidine rings is 3. The number of rotatable bonds is 5. The Balaban J connectivity index is 0.000000209. The number of carbonyl (C=O) groups excluding carboxylic acids is 3. The molecule has 7 rings (SSSR count). The topological polar surface area (TPSA) is 136 Å². The summed E-state index contributed by atoms with van der Waals surface area (Å²) in [6, 6.07) is 12.2. The lowest BCUT2D eigenvalue weighted by molar-refractivity contribution is -0.134. The average molecular weight is 871 g/mol. The number of fused-ring (bicyclic) bond motifs is 4. The summed E-state index contributed by atoms with van der Waals surface area (Å²) in [4.78, 5) is 56.3. The molecule has 0 radical (unpaired) electrons. The quantitative estimate of drug-likeness (QED) is 0.429. The molecule has 3 amide bonds. The number of nitrogens with one attached hydrogen (secondary N) is 2. The Morgan fingerprint density at radius 2 is 0.897 bits per heavy atom. The first kappa shape index (κ1) is 46.0. The standard InChI is InChI=1S/C25H39N5O3.C11H17N3O.C7H12BrNO/c31-24(29-10-3-1-4-11-29)20-27-14-16-33-17-15-28(19-23-9-7-8-22(18-27)26-23)21-25(32)30-12-5-2-6-13-30;1-2-10-8-12-4-6-15-7-5-13-9-11(3-1)14-10;8-6-7(10)9-4-2-1-3-5-9/h7-9H,1-6,10-21H2;1-3,12-13H,4-9H2;1-6H2. The van der Waals surface area contributed by atoms with Crippen LogP contribution in [0.1, 0.15) is 80.6 Å². The van der Waals surface area contributed by atoms with Crippen LogP contribution in [0.25, 0.3) is 0 Å². The molecule has 0 saturated carbocycles. The van der Waals surface area contributed by atoms with Crippen LogP contribution in [0.4, 0.5) is 0 Å². The molecular formula is C43H68BrN9O5. The number of likely N-dealkylation sites (tertiary alicyclic amines) is 3. The molecule has 0 unspecified atom stereocenters. The van der Waals surface area contributed by atoms with Crippen LogP contribution in [0, 0.1) is 0 Å². The van der Waals surface area contributed by atoms with Gasteiger partial charge in [-0.2, -0.15) is 0 Å². The largest absolute Gasteiger partial charge is 0.379 e. The van der Waals surface area contributed by atoms with Crippen molar-refractivity contribution in [1.82, 2.24) is 45.1 Å². The minimum Gasteiger partial charge on any atom is -0.379 e. The summed E-state index contributed by atoms with van der Waals surface area (Å²) in [5.41, 5.74) is 4.10. The first-order chi connectivity index (χ1) is 28.5. The van der Waals surface area contributed by atoms with E-state index in [9.17, 15) is 14.4 Å². The Kier molecular flexibility index (Phi) is 21.4. The normalized spacial score (nSPS) is 20.6. The van der Waals surface area contributed by atoms with Crippen molar-refractivity contribution >= 4 is 33.7 Å². The van der Waals surface area contributed by atoms with Crippen LogP contribution in [0.5, 0.6) is 0 Å². The van der Waals surface area contributed by atoms with E-state index in [4.69, 9.17) is 14.5 Å². The Hall–Kier alpha value is -3.05. The number of halogens is 1. The van der Waals surface area contributed by atoms with Gasteiger partial charge in [-0.3, -0.25) is 34.2 Å². The summed E-state index contributed by atoms with van der Waals surface area (Å²) >= 11 is 3.16. The van der Waals surface area contributed by atoms with Crippen molar-refractivity contribution in [3.8, 4) is 0 Å². The van der Waals surface area contributed by atoms with E-state index in [1.807, 2.05) is 45.0 Å². The molecule has 58 heavy (non-hydrogen) atoms. The first-order valence-electron chi connectivity index (χ1n) is 21.8. The molecule has 2 N–H and O–H groups in total. The van der Waals surface area contributed by atoms with Gasteiger partial charge in [0.1, 0.15) is 0 Å². The molecule has 5 aliphatic heterocycles. The highest BCUT2D eigenvalue weighted by Crippen LogP contribution is 2.14. The number of hydrogen-bond acceptors (Lipinski definition) is 11. The molecule has 322 valence electrons. The fourth-order valence-corrected chi connectivity index (χ4v) is 8.08. The van der Waals surface area contributed by atoms with Crippen LogP contribution < -0.4 is 10.6 Å². The summed E-state index contributed by atoms with van der Waals surface area (Å²) in [7, 11) is 0. The number of alkyl halides is 1. The van der Waals surface area contributed by atoms with Crippen molar-refractivity contribution in [2.45, 2.75) is 84.0 Å². The van der Waals surface area contributed by atoms with E-state index >= 15 is 0 Å². The Bertz CT molecular complexity index is 1420. The van der Waals surface area contributed by atoms with Crippen molar-refractivity contribution in [2.24, 2.45) is 0 Å².